The van der Waals surface area contributed by atoms with Crippen molar-refractivity contribution in [1.82, 2.24) is 5.32 Å². The molecule has 0 aliphatic heterocycles. The van der Waals surface area contributed by atoms with E-state index in [0.717, 1.165) is 25.1 Å². The predicted octanol–water partition coefficient (Wildman–Crippen LogP) is 2.51. The number of hydrogen-bond donors (Lipinski definition) is 2. The Morgan fingerprint density at radius 2 is 2.11 bits per heavy atom. The maximum Gasteiger partial charge on any atom is 0.411 e. The highest BCUT2D eigenvalue weighted by Gasteiger charge is 2.08. The molecule has 2 N–H and O–H groups in total. The Kier molecular flexibility index (Phi) is 6.07. The van der Waals surface area contributed by atoms with E-state index >= 15 is 0 Å². The van der Waals surface area contributed by atoms with Gasteiger partial charge in [-0.15, -0.1) is 0 Å². The molecule has 0 spiro atoms. The van der Waals surface area contributed by atoms with Gasteiger partial charge in [0.1, 0.15) is 18.2 Å². The summed E-state index contributed by atoms with van der Waals surface area (Å²) in [5.41, 5.74) is -0.108. The van der Waals surface area contributed by atoms with Gasteiger partial charge in [0.05, 0.1) is 5.69 Å². The topological polar surface area (TPSA) is 50.4 Å². The molecule has 18 heavy (non-hydrogen) atoms. The van der Waals surface area contributed by atoms with Crippen molar-refractivity contribution in [1.29, 1.82) is 0 Å². The third kappa shape index (κ3) is 5.09. The Hall–Kier alpha value is -1.69. The van der Waals surface area contributed by atoms with Crippen LogP contribution in [0, 0.1) is 11.6 Å². The van der Waals surface area contributed by atoms with Crippen LogP contribution in [-0.4, -0.2) is 25.8 Å². The van der Waals surface area contributed by atoms with Crippen molar-refractivity contribution < 1.29 is 18.3 Å². The van der Waals surface area contributed by atoms with E-state index in [0.29, 0.717) is 12.6 Å². The molecule has 0 saturated carbocycles. The molecule has 6 heteroatoms. The average Bonchev–Trinajstić information content (AvgIpc) is 2.32. The summed E-state index contributed by atoms with van der Waals surface area (Å²) in [5.74, 6) is -1.54. The minimum Gasteiger partial charge on any atom is -0.448 e. The van der Waals surface area contributed by atoms with Gasteiger partial charge in [0.15, 0.2) is 0 Å². The van der Waals surface area contributed by atoms with Gasteiger partial charge >= 0.3 is 6.09 Å². The highest BCUT2D eigenvalue weighted by atomic mass is 19.1. The molecule has 1 aromatic rings. The second-order valence-electron chi connectivity index (χ2n) is 3.64. The quantitative estimate of drug-likeness (QED) is 0.771. The summed E-state index contributed by atoms with van der Waals surface area (Å²) in [6, 6.07) is 2.89. The third-order valence-corrected chi connectivity index (χ3v) is 2.11. The van der Waals surface area contributed by atoms with E-state index in [-0.39, 0.29) is 12.3 Å². The molecule has 0 fully saturated rings. The number of carbonyl (C=O) groups excluding carboxylic acids is 1. The number of hydrogen-bond acceptors (Lipinski definition) is 3. The van der Waals surface area contributed by atoms with E-state index in [9.17, 15) is 13.6 Å². The van der Waals surface area contributed by atoms with E-state index in [1.165, 1.54) is 0 Å². The molecule has 1 aromatic carbocycles. The summed E-state index contributed by atoms with van der Waals surface area (Å²) in [6.07, 6.45) is 0.228. The second kappa shape index (κ2) is 7.60. The van der Waals surface area contributed by atoms with Gasteiger partial charge in [-0.1, -0.05) is 6.92 Å². The molecule has 0 aromatic heterocycles. The number of ether oxygens (including phenoxy) is 1. The Labute approximate surface area is 104 Å². The maximum atomic E-state index is 13.2. The standard InChI is InChI=1S/C12H16F2N2O2/c1-2-5-15-6-7-18-12(17)16-11-4-3-9(13)8-10(11)14/h3-4,8,15H,2,5-7H2,1H3,(H,16,17). The highest BCUT2D eigenvalue weighted by Crippen LogP contribution is 2.14. The number of rotatable bonds is 6. The van der Waals surface area contributed by atoms with Gasteiger partial charge in [0.2, 0.25) is 0 Å². The summed E-state index contributed by atoms with van der Waals surface area (Å²) < 4.78 is 30.6. The zero-order valence-corrected chi connectivity index (χ0v) is 10.1. The first kappa shape index (κ1) is 14.4. The molecule has 0 atom stereocenters. The summed E-state index contributed by atoms with van der Waals surface area (Å²) in [4.78, 5) is 11.3. The molecule has 0 heterocycles. The van der Waals surface area contributed by atoms with Crippen molar-refractivity contribution in [3.8, 4) is 0 Å². The number of halogens is 2. The van der Waals surface area contributed by atoms with Crippen LogP contribution in [0.3, 0.4) is 0 Å². The lowest BCUT2D eigenvalue weighted by atomic mass is 10.3. The molecule has 0 radical (unpaired) electrons. The molecular formula is C12H16F2N2O2. The lowest BCUT2D eigenvalue weighted by molar-refractivity contribution is 0.162. The van der Waals surface area contributed by atoms with Crippen molar-refractivity contribution in [3.05, 3.63) is 29.8 Å². The smallest absolute Gasteiger partial charge is 0.411 e. The van der Waals surface area contributed by atoms with E-state index in [4.69, 9.17) is 4.74 Å². The van der Waals surface area contributed by atoms with Gasteiger partial charge in [-0.25, -0.2) is 13.6 Å². The number of carbonyl (C=O) groups is 1. The van der Waals surface area contributed by atoms with Crippen LogP contribution < -0.4 is 10.6 Å². The molecule has 0 aliphatic carbocycles. The summed E-state index contributed by atoms with van der Waals surface area (Å²) in [6.45, 7) is 3.59. The summed E-state index contributed by atoms with van der Waals surface area (Å²) in [7, 11) is 0. The SMILES string of the molecule is CCCNCCOC(=O)Nc1ccc(F)cc1F. The van der Waals surface area contributed by atoms with Gasteiger partial charge in [-0.05, 0) is 25.1 Å². The first-order valence-corrected chi connectivity index (χ1v) is 5.73. The Morgan fingerprint density at radius 1 is 1.33 bits per heavy atom. The monoisotopic (exact) mass is 258 g/mol. The predicted molar refractivity (Wildman–Crippen MR) is 64.5 cm³/mol. The number of benzene rings is 1. The lowest BCUT2D eigenvalue weighted by Crippen LogP contribution is -2.24. The molecule has 1 rings (SSSR count). The minimum absolute atomic E-state index is 0.108. The maximum absolute atomic E-state index is 13.2. The average molecular weight is 258 g/mol. The zero-order chi connectivity index (χ0) is 13.4. The van der Waals surface area contributed by atoms with Crippen molar-refractivity contribution >= 4 is 11.8 Å². The normalized spacial score (nSPS) is 10.2. The molecule has 0 aliphatic rings. The number of anilines is 1. The van der Waals surface area contributed by atoms with Crippen LogP contribution >= 0.6 is 0 Å². The van der Waals surface area contributed by atoms with E-state index < -0.39 is 17.7 Å². The summed E-state index contributed by atoms with van der Waals surface area (Å²) >= 11 is 0. The van der Waals surface area contributed by atoms with Gasteiger partial charge in [-0.3, -0.25) is 5.32 Å². The minimum atomic E-state index is -0.837. The zero-order valence-electron chi connectivity index (χ0n) is 10.1. The number of nitrogens with one attached hydrogen (secondary N) is 2. The molecular weight excluding hydrogens is 242 g/mol. The lowest BCUT2D eigenvalue weighted by Gasteiger charge is -2.08. The van der Waals surface area contributed by atoms with E-state index in [1.807, 2.05) is 6.92 Å². The second-order valence-corrected chi connectivity index (χ2v) is 3.64. The molecule has 0 unspecified atom stereocenters. The number of amides is 1. The van der Waals surface area contributed by atoms with Gasteiger partial charge < -0.3 is 10.1 Å². The molecule has 1 amide bonds. The van der Waals surface area contributed by atoms with Crippen LogP contribution in [0.4, 0.5) is 19.3 Å². The van der Waals surface area contributed by atoms with Crippen molar-refractivity contribution in [3.63, 3.8) is 0 Å². The van der Waals surface area contributed by atoms with Crippen LogP contribution in [0.5, 0.6) is 0 Å². The Balaban J connectivity index is 2.31. The Bertz CT molecular complexity index is 400. The third-order valence-electron chi connectivity index (χ3n) is 2.11. The van der Waals surface area contributed by atoms with Crippen LogP contribution in [0.15, 0.2) is 18.2 Å². The first-order chi connectivity index (χ1) is 8.63. The van der Waals surface area contributed by atoms with Crippen LogP contribution in [0.2, 0.25) is 0 Å². The fourth-order valence-electron chi connectivity index (χ4n) is 1.25. The van der Waals surface area contributed by atoms with Crippen LogP contribution in [0.25, 0.3) is 0 Å². The first-order valence-electron chi connectivity index (χ1n) is 5.73. The largest absolute Gasteiger partial charge is 0.448 e. The van der Waals surface area contributed by atoms with Gasteiger partial charge in [-0.2, -0.15) is 0 Å². The van der Waals surface area contributed by atoms with E-state index in [2.05, 4.69) is 10.6 Å². The van der Waals surface area contributed by atoms with Gasteiger partial charge in [0, 0.05) is 12.6 Å². The Morgan fingerprint density at radius 3 is 2.78 bits per heavy atom. The molecule has 4 nitrogen and oxygen atoms in total. The van der Waals surface area contributed by atoms with Crippen molar-refractivity contribution in [2.45, 2.75) is 13.3 Å². The highest BCUT2D eigenvalue weighted by molar-refractivity contribution is 5.84. The fraction of sp³-hybridized carbons (Fsp3) is 0.417. The molecule has 0 bridgehead atoms. The van der Waals surface area contributed by atoms with Gasteiger partial charge in [0.25, 0.3) is 0 Å². The molecule has 100 valence electrons. The molecule has 0 saturated heterocycles. The fourth-order valence-corrected chi connectivity index (χ4v) is 1.25. The summed E-state index contributed by atoms with van der Waals surface area (Å²) in [5, 5.41) is 5.24. The van der Waals surface area contributed by atoms with Crippen molar-refractivity contribution in [2.75, 3.05) is 25.0 Å². The van der Waals surface area contributed by atoms with Crippen molar-refractivity contribution in [2.24, 2.45) is 0 Å². The van der Waals surface area contributed by atoms with Crippen LogP contribution in [-0.2, 0) is 4.74 Å². The van der Waals surface area contributed by atoms with Crippen LogP contribution in [0.1, 0.15) is 13.3 Å². The van der Waals surface area contributed by atoms with E-state index in [1.54, 1.807) is 0 Å².